The van der Waals surface area contributed by atoms with Crippen LogP contribution < -0.4 is 5.32 Å². The largest absolute Gasteiger partial charge is 0.322 e. The first-order valence-corrected chi connectivity index (χ1v) is 9.53. The summed E-state index contributed by atoms with van der Waals surface area (Å²) in [5, 5.41) is 2.73. The van der Waals surface area contributed by atoms with Gasteiger partial charge in [-0.25, -0.2) is 12.7 Å². The topological polar surface area (TPSA) is 66.5 Å². The minimum Gasteiger partial charge on any atom is -0.322 e. The third kappa shape index (κ3) is 4.20. The van der Waals surface area contributed by atoms with Crippen LogP contribution in [-0.2, 0) is 10.0 Å². The highest BCUT2D eigenvalue weighted by Crippen LogP contribution is 2.26. The molecule has 2 aromatic rings. The van der Waals surface area contributed by atoms with Crippen LogP contribution in [-0.4, -0.2) is 32.7 Å². The Morgan fingerprint density at radius 2 is 1.78 bits per heavy atom. The molecule has 0 aliphatic rings. The number of nitrogens with zero attached hydrogens (tertiary/aromatic N) is 1. The molecule has 0 saturated heterocycles. The van der Waals surface area contributed by atoms with Gasteiger partial charge in [0.05, 0.1) is 4.90 Å². The molecule has 1 N–H and O–H groups in total. The monoisotopic (exact) mass is 460 g/mol. The number of hydrogen-bond donors (Lipinski definition) is 1. The maximum Gasteiger partial charge on any atom is 0.255 e. The number of rotatable bonds is 4. The van der Waals surface area contributed by atoms with Gasteiger partial charge in [0.2, 0.25) is 10.0 Å². The molecule has 5 nitrogen and oxygen atoms in total. The van der Waals surface area contributed by atoms with Gasteiger partial charge in [-0.3, -0.25) is 4.79 Å². The van der Waals surface area contributed by atoms with E-state index >= 15 is 0 Å². The van der Waals surface area contributed by atoms with Gasteiger partial charge in [0.25, 0.3) is 5.91 Å². The Balaban J connectivity index is 2.36. The summed E-state index contributed by atoms with van der Waals surface area (Å²) in [6, 6.07) is 11.6. The quantitative estimate of drug-likeness (QED) is 0.754. The SMILES string of the molecule is CN(C)S(=O)(=O)c1cc(C(=O)Nc2cccc(Br)c2)ccc1Br. The van der Waals surface area contributed by atoms with Gasteiger partial charge >= 0.3 is 0 Å². The minimum absolute atomic E-state index is 0.0457. The van der Waals surface area contributed by atoms with Crippen molar-refractivity contribution in [2.24, 2.45) is 0 Å². The highest BCUT2D eigenvalue weighted by atomic mass is 79.9. The molecule has 0 unspecified atom stereocenters. The zero-order valence-corrected chi connectivity index (χ0v) is 16.4. The van der Waals surface area contributed by atoms with Gasteiger partial charge in [-0.15, -0.1) is 0 Å². The van der Waals surface area contributed by atoms with Crippen LogP contribution in [0.5, 0.6) is 0 Å². The number of nitrogens with one attached hydrogen (secondary N) is 1. The number of amides is 1. The molecular formula is C15H14Br2N2O3S. The summed E-state index contributed by atoms with van der Waals surface area (Å²) in [6.07, 6.45) is 0. The normalized spacial score (nSPS) is 11.5. The van der Waals surface area contributed by atoms with Crippen molar-refractivity contribution >= 4 is 53.5 Å². The fourth-order valence-corrected chi connectivity index (χ4v) is 4.05. The van der Waals surface area contributed by atoms with Crippen molar-refractivity contribution in [2.45, 2.75) is 4.90 Å². The number of sulfonamides is 1. The van der Waals surface area contributed by atoms with E-state index in [1.54, 1.807) is 30.3 Å². The minimum atomic E-state index is -3.64. The van der Waals surface area contributed by atoms with Crippen LogP contribution in [0.1, 0.15) is 10.4 Å². The lowest BCUT2D eigenvalue weighted by atomic mass is 10.2. The Bertz CT molecular complexity index is 852. The van der Waals surface area contributed by atoms with Crippen LogP contribution in [0.2, 0.25) is 0 Å². The molecule has 2 rings (SSSR count). The lowest BCUT2D eigenvalue weighted by Crippen LogP contribution is -2.23. The fourth-order valence-electron chi connectivity index (χ4n) is 1.81. The van der Waals surface area contributed by atoms with Gasteiger partial charge in [-0.05, 0) is 52.3 Å². The van der Waals surface area contributed by atoms with E-state index in [0.29, 0.717) is 10.2 Å². The van der Waals surface area contributed by atoms with Crippen LogP contribution >= 0.6 is 31.9 Å². The number of benzene rings is 2. The second-order valence-electron chi connectivity index (χ2n) is 4.90. The van der Waals surface area contributed by atoms with Crippen molar-refractivity contribution < 1.29 is 13.2 Å². The molecular weight excluding hydrogens is 448 g/mol. The summed E-state index contributed by atoms with van der Waals surface area (Å²) in [6.45, 7) is 0. The molecule has 23 heavy (non-hydrogen) atoms. The van der Waals surface area contributed by atoms with E-state index in [1.165, 1.54) is 20.2 Å². The Morgan fingerprint density at radius 3 is 2.39 bits per heavy atom. The number of hydrogen-bond acceptors (Lipinski definition) is 3. The van der Waals surface area contributed by atoms with Gasteiger partial charge in [0.1, 0.15) is 0 Å². The van der Waals surface area contributed by atoms with E-state index in [1.807, 2.05) is 6.07 Å². The van der Waals surface area contributed by atoms with E-state index in [0.717, 1.165) is 8.78 Å². The first-order valence-electron chi connectivity index (χ1n) is 6.51. The third-order valence-electron chi connectivity index (χ3n) is 3.03. The molecule has 8 heteroatoms. The second kappa shape index (κ2) is 7.12. The number of anilines is 1. The molecule has 0 radical (unpaired) electrons. The van der Waals surface area contributed by atoms with E-state index < -0.39 is 10.0 Å². The molecule has 0 saturated carbocycles. The maximum atomic E-state index is 12.3. The highest BCUT2D eigenvalue weighted by Gasteiger charge is 2.22. The average Bonchev–Trinajstić information content (AvgIpc) is 2.47. The van der Waals surface area contributed by atoms with Crippen LogP contribution in [0.15, 0.2) is 56.3 Å². The van der Waals surface area contributed by atoms with Crippen LogP contribution in [0.3, 0.4) is 0 Å². The van der Waals surface area contributed by atoms with Crippen LogP contribution in [0, 0.1) is 0 Å². The molecule has 0 heterocycles. The standard InChI is InChI=1S/C15H14Br2N2O3S/c1-19(2)23(21,22)14-8-10(6-7-13(14)17)15(20)18-12-5-3-4-11(16)9-12/h3-9H,1-2H3,(H,18,20). The van der Waals surface area contributed by atoms with Crippen molar-refractivity contribution in [1.29, 1.82) is 0 Å². The van der Waals surface area contributed by atoms with E-state index in [9.17, 15) is 13.2 Å². The lowest BCUT2D eigenvalue weighted by molar-refractivity contribution is 0.102. The molecule has 0 atom stereocenters. The molecule has 0 bridgehead atoms. The molecule has 0 spiro atoms. The molecule has 0 fully saturated rings. The Kier molecular flexibility index (Phi) is 5.61. The summed E-state index contributed by atoms with van der Waals surface area (Å²) >= 11 is 6.55. The van der Waals surface area contributed by atoms with Crippen molar-refractivity contribution in [1.82, 2.24) is 4.31 Å². The van der Waals surface area contributed by atoms with Gasteiger partial charge in [-0.2, -0.15) is 0 Å². The van der Waals surface area contributed by atoms with Gasteiger partial charge in [-0.1, -0.05) is 22.0 Å². The summed E-state index contributed by atoms with van der Waals surface area (Å²) in [7, 11) is -0.763. The Labute approximate surface area is 152 Å². The summed E-state index contributed by atoms with van der Waals surface area (Å²) in [5.74, 6) is -0.384. The summed E-state index contributed by atoms with van der Waals surface area (Å²) in [5.41, 5.74) is 0.873. The van der Waals surface area contributed by atoms with E-state index in [2.05, 4.69) is 37.2 Å². The van der Waals surface area contributed by atoms with Crippen molar-refractivity contribution in [3.05, 3.63) is 57.0 Å². The molecule has 0 aliphatic carbocycles. The smallest absolute Gasteiger partial charge is 0.255 e. The van der Waals surface area contributed by atoms with Crippen molar-refractivity contribution in [3.63, 3.8) is 0 Å². The third-order valence-corrected chi connectivity index (χ3v) is 6.34. The summed E-state index contributed by atoms with van der Waals surface area (Å²) in [4.78, 5) is 12.4. The Hall–Kier alpha value is -1.22. The predicted octanol–water partition coefficient (Wildman–Crippen LogP) is 3.71. The van der Waals surface area contributed by atoms with E-state index in [-0.39, 0.29) is 16.4 Å². The zero-order valence-electron chi connectivity index (χ0n) is 12.4. The second-order valence-corrected chi connectivity index (χ2v) is 8.79. The van der Waals surface area contributed by atoms with Crippen LogP contribution in [0.25, 0.3) is 0 Å². The zero-order chi connectivity index (χ0) is 17.2. The number of halogens is 2. The molecule has 0 aliphatic heterocycles. The predicted molar refractivity (Wildman–Crippen MR) is 97.1 cm³/mol. The first-order chi connectivity index (χ1) is 10.7. The molecule has 122 valence electrons. The molecule has 0 aromatic heterocycles. The number of carbonyl (C=O) groups is 1. The van der Waals surface area contributed by atoms with Crippen molar-refractivity contribution in [3.8, 4) is 0 Å². The van der Waals surface area contributed by atoms with Gasteiger partial charge in [0.15, 0.2) is 0 Å². The summed E-state index contributed by atoms with van der Waals surface area (Å²) < 4.78 is 26.9. The first kappa shape index (κ1) is 18.1. The van der Waals surface area contributed by atoms with Crippen LogP contribution in [0.4, 0.5) is 5.69 Å². The maximum absolute atomic E-state index is 12.3. The number of carbonyl (C=O) groups excluding carboxylic acids is 1. The van der Waals surface area contributed by atoms with Crippen molar-refractivity contribution in [2.75, 3.05) is 19.4 Å². The fraction of sp³-hybridized carbons (Fsp3) is 0.133. The van der Waals surface area contributed by atoms with E-state index in [4.69, 9.17) is 0 Å². The Morgan fingerprint density at radius 1 is 1.09 bits per heavy atom. The molecule has 1 amide bonds. The van der Waals surface area contributed by atoms with Gasteiger partial charge < -0.3 is 5.32 Å². The highest BCUT2D eigenvalue weighted by molar-refractivity contribution is 9.10. The molecule has 2 aromatic carbocycles. The lowest BCUT2D eigenvalue weighted by Gasteiger charge is -2.14. The van der Waals surface area contributed by atoms with Gasteiger partial charge in [0, 0.05) is 34.3 Å². The average molecular weight is 462 g/mol.